The molecule has 35 heavy (non-hydrogen) atoms. The average Bonchev–Trinajstić information content (AvgIpc) is 3.30. The van der Waals surface area contributed by atoms with E-state index in [-0.39, 0.29) is 24.2 Å². The molecule has 0 unspecified atom stereocenters. The topological polar surface area (TPSA) is 135 Å². The number of aromatic amines is 1. The van der Waals surface area contributed by atoms with Gasteiger partial charge in [0.25, 0.3) is 11.8 Å². The predicted octanol–water partition coefficient (Wildman–Crippen LogP) is 1.64. The number of H-pyrrole nitrogens is 1. The van der Waals surface area contributed by atoms with Gasteiger partial charge >= 0.3 is 0 Å². The van der Waals surface area contributed by atoms with Crippen molar-refractivity contribution in [3.05, 3.63) is 65.8 Å². The van der Waals surface area contributed by atoms with E-state index in [4.69, 9.17) is 9.47 Å². The lowest BCUT2D eigenvalue weighted by molar-refractivity contribution is -0.120. The van der Waals surface area contributed by atoms with Crippen LogP contribution in [0, 0.1) is 5.82 Å². The molecule has 0 aliphatic carbocycles. The number of nitrogens with one attached hydrogen (secondary N) is 2. The Morgan fingerprint density at radius 3 is 2.86 bits per heavy atom. The minimum atomic E-state index is -0.977. The van der Waals surface area contributed by atoms with Crippen molar-refractivity contribution in [2.45, 2.75) is 12.5 Å². The molecule has 0 radical (unpaired) electrons. The molecule has 178 valence electrons. The zero-order valence-corrected chi connectivity index (χ0v) is 18.8. The maximum atomic E-state index is 13.1. The van der Waals surface area contributed by atoms with Crippen LogP contribution >= 0.6 is 0 Å². The molecule has 2 N–H and O–H groups in total. The van der Waals surface area contributed by atoms with E-state index in [1.807, 2.05) is 0 Å². The molecule has 3 heterocycles. The van der Waals surface area contributed by atoms with Gasteiger partial charge in [0.15, 0.2) is 0 Å². The van der Waals surface area contributed by atoms with Gasteiger partial charge in [-0.15, -0.1) is 5.10 Å². The van der Waals surface area contributed by atoms with Gasteiger partial charge in [0.05, 0.1) is 23.7 Å². The molecule has 0 saturated carbocycles. The second-order valence-electron chi connectivity index (χ2n) is 7.86. The maximum Gasteiger partial charge on any atom is 0.291 e. The Labute approximate surface area is 198 Å². The number of hydrogen-bond acceptors (Lipinski definition) is 8. The Bertz CT molecular complexity index is 1420. The third kappa shape index (κ3) is 4.33. The first-order valence-electron chi connectivity index (χ1n) is 10.6. The predicted molar refractivity (Wildman–Crippen MR) is 122 cm³/mol. The Morgan fingerprint density at radius 2 is 2.09 bits per heavy atom. The number of carbonyl (C=O) groups is 2. The lowest BCUT2D eigenvalue weighted by Gasteiger charge is -2.20. The van der Waals surface area contributed by atoms with Crippen molar-refractivity contribution in [1.82, 2.24) is 30.5 Å². The van der Waals surface area contributed by atoms with E-state index in [0.29, 0.717) is 40.5 Å². The van der Waals surface area contributed by atoms with Gasteiger partial charge in [-0.2, -0.15) is 0 Å². The first-order chi connectivity index (χ1) is 16.9. The number of methoxy groups -OCH3 is 1. The Hall–Kier alpha value is -4.61. The minimum Gasteiger partial charge on any atom is -0.489 e. The van der Waals surface area contributed by atoms with Crippen LogP contribution in [0.2, 0.25) is 0 Å². The van der Waals surface area contributed by atoms with Crippen LogP contribution in [0.1, 0.15) is 22.0 Å². The molecular formula is C23H20FN7O4. The van der Waals surface area contributed by atoms with Crippen LogP contribution in [0.5, 0.6) is 11.6 Å². The highest BCUT2D eigenvalue weighted by molar-refractivity contribution is 6.04. The smallest absolute Gasteiger partial charge is 0.291 e. The van der Waals surface area contributed by atoms with Crippen LogP contribution in [-0.2, 0) is 11.2 Å². The maximum absolute atomic E-state index is 13.1. The van der Waals surface area contributed by atoms with Gasteiger partial charge in [0, 0.05) is 19.5 Å². The van der Waals surface area contributed by atoms with Gasteiger partial charge in [-0.1, -0.05) is 12.1 Å². The van der Waals surface area contributed by atoms with Gasteiger partial charge in [-0.3, -0.25) is 14.7 Å². The number of fused-ring (bicyclic) bond motifs is 2. The summed E-state index contributed by atoms with van der Waals surface area (Å²) >= 11 is 0. The first-order valence-corrected chi connectivity index (χ1v) is 10.6. The largest absolute Gasteiger partial charge is 0.489 e. The average molecular weight is 477 g/mol. The Morgan fingerprint density at radius 1 is 1.29 bits per heavy atom. The van der Waals surface area contributed by atoms with Gasteiger partial charge in [-0.25, -0.2) is 19.3 Å². The molecule has 0 fully saturated rings. The van der Waals surface area contributed by atoms with Crippen LogP contribution in [0.4, 0.5) is 10.1 Å². The van der Waals surface area contributed by atoms with Crippen molar-refractivity contribution in [2.24, 2.45) is 0 Å². The van der Waals surface area contributed by atoms with E-state index in [1.165, 1.54) is 30.5 Å². The monoisotopic (exact) mass is 477 g/mol. The number of anilines is 1. The number of hydrogen-bond donors (Lipinski definition) is 2. The van der Waals surface area contributed by atoms with Crippen molar-refractivity contribution >= 4 is 28.4 Å². The van der Waals surface area contributed by atoms with Crippen molar-refractivity contribution in [3.63, 3.8) is 0 Å². The zero-order chi connectivity index (χ0) is 24.5. The third-order valence-electron chi connectivity index (χ3n) is 5.59. The van der Waals surface area contributed by atoms with Crippen LogP contribution in [-0.4, -0.2) is 63.8 Å². The van der Waals surface area contributed by atoms with Crippen LogP contribution in [0.25, 0.3) is 10.9 Å². The summed E-state index contributed by atoms with van der Waals surface area (Å²) in [5.74, 6) is -0.241. The molecular weight excluding hydrogens is 457 g/mol. The third-order valence-corrected chi connectivity index (χ3v) is 5.59. The normalized spacial score (nSPS) is 15.3. The molecule has 0 saturated heterocycles. The SMILES string of the molecule is COc1ncnc2cc3c(cc12)N(C)C(=O)[C@@H](NC(=O)c1n[nH]c(Cc2ccc(F)cc2)n1)CO3. The molecule has 2 amide bonds. The van der Waals surface area contributed by atoms with E-state index in [0.717, 1.165) is 5.56 Å². The fourth-order valence-electron chi connectivity index (χ4n) is 3.78. The molecule has 2 aromatic heterocycles. The lowest BCUT2D eigenvalue weighted by Crippen LogP contribution is -2.49. The molecule has 5 rings (SSSR count). The number of likely N-dealkylation sites (N-methyl/N-ethyl adjacent to an activating group) is 1. The highest BCUT2D eigenvalue weighted by atomic mass is 19.1. The van der Waals surface area contributed by atoms with E-state index >= 15 is 0 Å². The number of ether oxygens (including phenoxy) is 2. The number of nitrogens with zero attached hydrogens (tertiary/aromatic N) is 5. The van der Waals surface area contributed by atoms with Crippen LogP contribution < -0.4 is 19.7 Å². The number of benzene rings is 2. The summed E-state index contributed by atoms with van der Waals surface area (Å²) < 4.78 is 24.2. The summed E-state index contributed by atoms with van der Waals surface area (Å²) in [6, 6.07) is 8.36. The fraction of sp³-hybridized carbons (Fsp3) is 0.217. The molecule has 1 aliphatic heterocycles. The summed E-state index contributed by atoms with van der Waals surface area (Å²) in [6.07, 6.45) is 1.72. The molecule has 1 atom stereocenters. The highest BCUT2D eigenvalue weighted by Gasteiger charge is 2.32. The quantitative estimate of drug-likeness (QED) is 0.443. The molecule has 4 aromatic rings. The van der Waals surface area contributed by atoms with Crippen LogP contribution in [0.15, 0.2) is 42.7 Å². The standard InChI is InChI=1S/C23H20FN7O4/c1-31-17-8-14-15(25-11-26-22(14)34-2)9-18(17)35-10-16(23(31)33)27-21(32)20-28-19(29-30-20)7-12-3-5-13(24)6-4-12/h3-6,8-9,11,16H,7,10H2,1-2H3,(H,27,32)(H,28,29,30)/t16-/m0/s1. The van der Waals surface area contributed by atoms with Crippen molar-refractivity contribution < 1.29 is 23.5 Å². The molecule has 2 aromatic carbocycles. The van der Waals surface area contributed by atoms with E-state index < -0.39 is 11.9 Å². The molecule has 1 aliphatic rings. The van der Waals surface area contributed by atoms with E-state index in [9.17, 15) is 14.0 Å². The van der Waals surface area contributed by atoms with Crippen molar-refractivity contribution in [3.8, 4) is 11.6 Å². The minimum absolute atomic E-state index is 0.0947. The number of rotatable bonds is 5. The first kappa shape index (κ1) is 22.2. The highest BCUT2D eigenvalue weighted by Crippen LogP contribution is 2.36. The number of halogens is 1. The summed E-state index contributed by atoms with van der Waals surface area (Å²) in [5, 5.41) is 9.89. The second-order valence-corrected chi connectivity index (χ2v) is 7.86. The molecule has 0 spiro atoms. The van der Waals surface area contributed by atoms with Crippen molar-refractivity contribution in [2.75, 3.05) is 25.7 Å². The van der Waals surface area contributed by atoms with E-state index in [1.54, 1.807) is 31.3 Å². The summed E-state index contributed by atoms with van der Waals surface area (Å²) in [6.45, 7) is -0.0947. The van der Waals surface area contributed by atoms with Gasteiger partial charge in [0.1, 0.15) is 36.4 Å². The summed E-state index contributed by atoms with van der Waals surface area (Å²) in [7, 11) is 3.09. The van der Waals surface area contributed by atoms with Crippen LogP contribution in [0.3, 0.4) is 0 Å². The lowest BCUT2D eigenvalue weighted by atomic mass is 10.1. The molecule has 12 heteroatoms. The number of amides is 2. The zero-order valence-electron chi connectivity index (χ0n) is 18.8. The Balaban J connectivity index is 1.32. The van der Waals surface area contributed by atoms with E-state index in [2.05, 4.69) is 30.5 Å². The summed E-state index contributed by atoms with van der Waals surface area (Å²) in [4.78, 5) is 39.8. The molecule has 0 bridgehead atoms. The van der Waals surface area contributed by atoms with Crippen molar-refractivity contribution in [1.29, 1.82) is 0 Å². The fourth-order valence-corrected chi connectivity index (χ4v) is 3.78. The van der Waals surface area contributed by atoms with Gasteiger partial charge < -0.3 is 19.7 Å². The summed E-state index contributed by atoms with van der Waals surface area (Å²) in [5.41, 5.74) is 1.88. The van der Waals surface area contributed by atoms with Gasteiger partial charge in [0.2, 0.25) is 11.7 Å². The number of carbonyl (C=O) groups excluding carboxylic acids is 2. The molecule has 11 nitrogen and oxygen atoms in total. The number of aromatic nitrogens is 5. The van der Waals surface area contributed by atoms with Gasteiger partial charge in [-0.05, 0) is 23.8 Å². The second kappa shape index (κ2) is 8.97. The Kier molecular flexibility index (Phi) is 5.69.